The molecule has 0 aliphatic carbocycles. The minimum absolute atomic E-state index is 0.351. The van der Waals surface area contributed by atoms with Gasteiger partial charge in [-0.25, -0.2) is 4.98 Å². The summed E-state index contributed by atoms with van der Waals surface area (Å²) in [7, 11) is -0.361. The van der Waals surface area contributed by atoms with Crippen molar-refractivity contribution in [3.8, 4) is 11.8 Å². The zero-order chi connectivity index (χ0) is 24.5. The molecule has 0 bridgehead atoms. The summed E-state index contributed by atoms with van der Waals surface area (Å²) in [4.78, 5) is 4.34. The first kappa shape index (κ1) is 24.2. The van der Waals surface area contributed by atoms with Crippen LogP contribution in [0.4, 0.5) is 0 Å². The average Bonchev–Trinajstić information content (AvgIpc) is 3.36. The summed E-state index contributed by atoms with van der Waals surface area (Å²) in [6.45, 7) is 12.7. The lowest BCUT2D eigenvalue weighted by molar-refractivity contribution is 0.00578. The first-order valence-electron chi connectivity index (χ1n) is 11.6. The summed E-state index contributed by atoms with van der Waals surface area (Å²) in [5.74, 6) is 0.803. The number of nitriles is 1. The van der Waals surface area contributed by atoms with Gasteiger partial charge in [0.1, 0.15) is 18.4 Å². The third kappa shape index (κ3) is 4.54. The molecule has 34 heavy (non-hydrogen) atoms. The van der Waals surface area contributed by atoms with Crippen LogP contribution >= 0.6 is 11.3 Å². The lowest BCUT2D eigenvalue weighted by Gasteiger charge is -2.32. The van der Waals surface area contributed by atoms with E-state index in [9.17, 15) is 0 Å². The van der Waals surface area contributed by atoms with E-state index in [1.807, 2.05) is 68.4 Å². The van der Waals surface area contributed by atoms with Gasteiger partial charge in [0.2, 0.25) is 0 Å². The highest BCUT2D eigenvalue weighted by atomic mass is 32.1. The minimum atomic E-state index is -0.361. The van der Waals surface area contributed by atoms with Crippen LogP contribution in [-0.2, 0) is 15.9 Å². The predicted molar refractivity (Wildman–Crippen MR) is 140 cm³/mol. The summed E-state index contributed by atoms with van der Waals surface area (Å²) < 4.78 is 19.3. The van der Waals surface area contributed by atoms with Gasteiger partial charge in [-0.2, -0.15) is 5.26 Å². The zero-order valence-electron chi connectivity index (χ0n) is 20.5. The lowest BCUT2D eigenvalue weighted by atomic mass is 9.79. The van der Waals surface area contributed by atoms with E-state index in [0.717, 1.165) is 37.8 Å². The summed E-state index contributed by atoms with van der Waals surface area (Å²) >= 11 is 1.42. The molecule has 174 valence electrons. The molecule has 0 unspecified atom stereocenters. The molecule has 1 fully saturated rings. The Morgan fingerprint density at radius 3 is 2.29 bits per heavy atom. The molecule has 1 aromatic heterocycles. The Bertz CT molecular complexity index is 1340. The average molecular weight is 472 g/mol. The topological polar surface area (TPSA) is 64.4 Å². The van der Waals surface area contributed by atoms with Gasteiger partial charge in [-0.1, -0.05) is 44.2 Å². The van der Waals surface area contributed by atoms with Crippen molar-refractivity contribution in [3.63, 3.8) is 0 Å². The molecule has 4 aromatic rings. The lowest BCUT2D eigenvalue weighted by Crippen LogP contribution is -2.41. The molecule has 0 atom stereocenters. The highest BCUT2D eigenvalue weighted by Gasteiger charge is 2.51. The summed E-state index contributed by atoms with van der Waals surface area (Å²) in [6.07, 6.45) is 0. The van der Waals surface area contributed by atoms with Crippen molar-refractivity contribution in [3.05, 3.63) is 65.2 Å². The number of thiazole rings is 1. The number of fused-ring (bicyclic) bond motifs is 3. The largest absolute Gasteiger partial charge is 0.494 e. The molecule has 7 heteroatoms. The van der Waals surface area contributed by atoms with Gasteiger partial charge in [0.15, 0.2) is 5.01 Å². The van der Waals surface area contributed by atoms with Gasteiger partial charge in [0, 0.05) is 5.39 Å². The molecular weight excluding hydrogens is 443 g/mol. The van der Waals surface area contributed by atoms with Crippen molar-refractivity contribution in [1.29, 1.82) is 5.26 Å². The van der Waals surface area contributed by atoms with Crippen LogP contribution in [0.5, 0.6) is 5.75 Å². The Balaban J connectivity index is 0.00000133. The summed E-state index contributed by atoms with van der Waals surface area (Å²) in [6, 6.07) is 20.3. The van der Waals surface area contributed by atoms with E-state index in [2.05, 4.69) is 38.7 Å². The third-order valence-electron chi connectivity index (χ3n) is 6.35. The van der Waals surface area contributed by atoms with Gasteiger partial charge in [0.25, 0.3) is 0 Å². The minimum Gasteiger partial charge on any atom is -0.489 e. The maximum Gasteiger partial charge on any atom is 0.494 e. The standard InChI is InChI=1S/C25H23BN2O3S.C2H6/c1-24(2)25(3,4)31-26(30-24)18-8-5-16(6-9-18)15-29-19-10-11-20-17(13-19)7-12-21-23(20)32-22(14-27)28-21;1-2/h5-13H,15H2,1-4H3;1-2H3. The fraction of sp³-hybridized carbons (Fsp3) is 0.333. The van der Waals surface area contributed by atoms with Crippen LogP contribution in [0, 0.1) is 11.3 Å². The van der Waals surface area contributed by atoms with E-state index in [4.69, 9.17) is 19.3 Å². The molecule has 0 amide bonds. The molecule has 2 heterocycles. The number of nitrogens with zero attached hydrogens (tertiary/aromatic N) is 2. The van der Waals surface area contributed by atoms with Crippen molar-refractivity contribution >= 4 is 44.9 Å². The Morgan fingerprint density at radius 1 is 0.971 bits per heavy atom. The fourth-order valence-electron chi connectivity index (χ4n) is 3.75. The maximum absolute atomic E-state index is 9.12. The Kier molecular flexibility index (Phi) is 6.68. The Hall–Kier alpha value is -2.92. The number of hydrogen-bond acceptors (Lipinski definition) is 6. The molecule has 5 rings (SSSR count). The van der Waals surface area contributed by atoms with Gasteiger partial charge >= 0.3 is 7.12 Å². The van der Waals surface area contributed by atoms with E-state index in [0.29, 0.717) is 11.6 Å². The van der Waals surface area contributed by atoms with Crippen LogP contribution in [0.2, 0.25) is 0 Å². The van der Waals surface area contributed by atoms with Crippen molar-refractivity contribution in [2.24, 2.45) is 0 Å². The molecule has 0 saturated carbocycles. The van der Waals surface area contributed by atoms with E-state index in [1.54, 1.807) is 0 Å². The number of aromatic nitrogens is 1. The second-order valence-electron chi connectivity index (χ2n) is 9.05. The van der Waals surface area contributed by atoms with Gasteiger partial charge in [-0.15, -0.1) is 11.3 Å². The molecule has 0 radical (unpaired) electrons. The van der Waals surface area contributed by atoms with Crippen molar-refractivity contribution in [2.45, 2.75) is 59.4 Å². The Labute approximate surface area is 205 Å². The molecule has 1 aliphatic heterocycles. The molecule has 1 aliphatic rings. The molecule has 0 N–H and O–H groups in total. The van der Waals surface area contributed by atoms with Crippen LogP contribution in [0.1, 0.15) is 52.1 Å². The van der Waals surface area contributed by atoms with Crippen LogP contribution in [0.3, 0.4) is 0 Å². The summed E-state index contributed by atoms with van der Waals surface area (Å²) in [5.41, 5.74) is 2.23. The van der Waals surface area contributed by atoms with Crippen molar-refractivity contribution < 1.29 is 14.0 Å². The van der Waals surface area contributed by atoms with E-state index in [-0.39, 0.29) is 18.3 Å². The first-order chi connectivity index (χ1) is 16.3. The molecule has 0 spiro atoms. The number of benzene rings is 3. The van der Waals surface area contributed by atoms with Crippen LogP contribution in [0.25, 0.3) is 21.0 Å². The SMILES string of the molecule is CC.CC1(C)OB(c2ccc(COc3ccc4c(ccc5nc(C#N)sc54)c3)cc2)OC1(C)C. The molecule has 5 nitrogen and oxygen atoms in total. The molecule has 1 saturated heterocycles. The smallest absolute Gasteiger partial charge is 0.489 e. The normalized spacial score (nSPS) is 16.2. The monoisotopic (exact) mass is 472 g/mol. The second-order valence-corrected chi connectivity index (χ2v) is 10.0. The highest BCUT2D eigenvalue weighted by molar-refractivity contribution is 7.20. The Morgan fingerprint density at radius 2 is 1.65 bits per heavy atom. The van der Waals surface area contributed by atoms with E-state index < -0.39 is 0 Å². The summed E-state index contributed by atoms with van der Waals surface area (Å²) in [5, 5.41) is 11.8. The third-order valence-corrected chi connectivity index (χ3v) is 7.36. The maximum atomic E-state index is 9.12. The second kappa shape index (κ2) is 9.38. The van der Waals surface area contributed by atoms with Crippen molar-refractivity contribution in [1.82, 2.24) is 4.98 Å². The van der Waals surface area contributed by atoms with E-state index >= 15 is 0 Å². The first-order valence-corrected chi connectivity index (χ1v) is 12.4. The highest BCUT2D eigenvalue weighted by Crippen LogP contribution is 2.36. The van der Waals surface area contributed by atoms with Gasteiger partial charge in [0.05, 0.1) is 21.4 Å². The number of ether oxygens (including phenoxy) is 1. The number of rotatable bonds is 4. The van der Waals surface area contributed by atoms with Gasteiger partial charge < -0.3 is 14.0 Å². The zero-order valence-corrected chi connectivity index (χ0v) is 21.3. The predicted octanol–water partition coefficient (Wildman–Crippen LogP) is 6.23. The molecule has 3 aromatic carbocycles. The van der Waals surface area contributed by atoms with E-state index in [1.165, 1.54) is 11.3 Å². The quantitative estimate of drug-likeness (QED) is 0.330. The van der Waals surface area contributed by atoms with Crippen molar-refractivity contribution in [2.75, 3.05) is 0 Å². The number of hydrogen-bond donors (Lipinski definition) is 0. The van der Waals surface area contributed by atoms with Crippen LogP contribution < -0.4 is 10.2 Å². The van der Waals surface area contributed by atoms with Crippen LogP contribution in [-0.4, -0.2) is 23.3 Å². The fourth-order valence-corrected chi connectivity index (χ4v) is 4.64. The molecular formula is C27H29BN2O3S. The van der Waals surface area contributed by atoms with Crippen LogP contribution in [0.15, 0.2) is 54.6 Å². The van der Waals surface area contributed by atoms with Gasteiger partial charge in [-0.3, -0.25) is 0 Å². The van der Waals surface area contributed by atoms with Gasteiger partial charge in [-0.05, 0) is 68.4 Å².